The molecule has 1 aliphatic heterocycles. The Morgan fingerprint density at radius 3 is 2.33 bits per heavy atom. The van der Waals surface area contributed by atoms with Crippen molar-refractivity contribution < 1.29 is 13.2 Å². The van der Waals surface area contributed by atoms with Crippen LogP contribution >= 0.6 is 0 Å². The highest BCUT2D eigenvalue weighted by atomic mass is 32.2. The van der Waals surface area contributed by atoms with Gasteiger partial charge in [-0.05, 0) is 44.2 Å². The highest BCUT2D eigenvalue weighted by molar-refractivity contribution is 7.88. The van der Waals surface area contributed by atoms with E-state index < -0.39 is 10.0 Å². The fraction of sp³-hybridized carbons (Fsp3) is 0.458. The largest absolute Gasteiger partial charge is 0.349 e. The normalized spacial score (nSPS) is 16.9. The zero-order valence-corrected chi connectivity index (χ0v) is 18.9. The monoisotopic (exact) mass is 428 g/mol. The van der Waals surface area contributed by atoms with Crippen molar-refractivity contribution >= 4 is 15.9 Å². The zero-order chi connectivity index (χ0) is 21.7. The Bertz CT molecular complexity index is 962. The minimum atomic E-state index is -3.38. The van der Waals surface area contributed by atoms with E-state index in [4.69, 9.17) is 0 Å². The number of aryl methyl sites for hydroxylation is 2. The smallest absolute Gasteiger partial charge is 0.223 e. The second kappa shape index (κ2) is 9.75. The summed E-state index contributed by atoms with van der Waals surface area (Å²) in [5, 5.41) is 3.16. The molecule has 1 unspecified atom stereocenters. The summed E-state index contributed by atoms with van der Waals surface area (Å²) in [6, 6.07) is 15.8. The van der Waals surface area contributed by atoms with Crippen LogP contribution in [0.15, 0.2) is 48.5 Å². The van der Waals surface area contributed by atoms with E-state index in [1.54, 1.807) is 0 Å². The lowest BCUT2D eigenvalue weighted by atomic mass is 9.95. The summed E-state index contributed by atoms with van der Waals surface area (Å²) in [6.07, 6.45) is 1.94. The Morgan fingerprint density at radius 1 is 1.07 bits per heavy atom. The summed E-state index contributed by atoms with van der Waals surface area (Å²) in [7, 11) is -3.38. The number of benzene rings is 2. The fourth-order valence-electron chi connectivity index (χ4n) is 4.01. The van der Waals surface area contributed by atoms with Gasteiger partial charge < -0.3 is 5.32 Å². The van der Waals surface area contributed by atoms with Gasteiger partial charge in [-0.2, -0.15) is 0 Å². The van der Waals surface area contributed by atoms with Crippen LogP contribution in [0.1, 0.15) is 54.5 Å². The van der Waals surface area contributed by atoms with Gasteiger partial charge in [0.1, 0.15) is 0 Å². The van der Waals surface area contributed by atoms with Gasteiger partial charge in [-0.25, -0.2) is 12.7 Å². The van der Waals surface area contributed by atoms with E-state index in [1.165, 1.54) is 9.87 Å². The third-order valence-corrected chi connectivity index (χ3v) is 7.70. The molecule has 1 amide bonds. The van der Waals surface area contributed by atoms with Crippen molar-refractivity contribution in [2.45, 2.75) is 51.8 Å². The van der Waals surface area contributed by atoms with Crippen molar-refractivity contribution in [3.05, 3.63) is 70.8 Å². The van der Waals surface area contributed by atoms with Crippen molar-refractivity contribution in [1.82, 2.24) is 9.62 Å². The number of sulfonamides is 1. The van der Waals surface area contributed by atoms with E-state index in [-0.39, 0.29) is 23.6 Å². The van der Waals surface area contributed by atoms with E-state index in [9.17, 15) is 13.2 Å². The number of amides is 1. The topological polar surface area (TPSA) is 66.5 Å². The first-order chi connectivity index (χ1) is 14.3. The number of rotatable bonds is 7. The highest BCUT2D eigenvalue weighted by Crippen LogP contribution is 2.24. The molecule has 3 rings (SSSR count). The molecule has 1 saturated heterocycles. The second-order valence-corrected chi connectivity index (χ2v) is 10.3. The van der Waals surface area contributed by atoms with Crippen molar-refractivity contribution in [2.75, 3.05) is 13.1 Å². The standard InChI is InChI=1S/C24H32N2O3S/c1-4-23(21-10-8-18(2)9-11-21)25-24(27)22-12-14-26(15-13-22)30(28,29)17-20-7-5-6-19(3)16-20/h5-11,16,22-23H,4,12-15,17H2,1-3H3,(H,25,27). The molecule has 1 aliphatic rings. The molecule has 1 heterocycles. The predicted molar refractivity (Wildman–Crippen MR) is 120 cm³/mol. The molecular formula is C24H32N2O3S. The molecule has 0 aromatic heterocycles. The Balaban J connectivity index is 1.56. The fourth-order valence-corrected chi connectivity index (χ4v) is 5.56. The second-order valence-electron chi connectivity index (χ2n) is 8.30. The maximum absolute atomic E-state index is 12.8. The van der Waals surface area contributed by atoms with Gasteiger partial charge in [-0.1, -0.05) is 66.6 Å². The van der Waals surface area contributed by atoms with Crippen LogP contribution in [0.2, 0.25) is 0 Å². The number of hydrogen-bond acceptors (Lipinski definition) is 3. The Kier molecular flexibility index (Phi) is 7.32. The van der Waals surface area contributed by atoms with E-state index in [0.717, 1.165) is 23.1 Å². The average Bonchev–Trinajstić information content (AvgIpc) is 2.72. The average molecular weight is 429 g/mol. The zero-order valence-electron chi connectivity index (χ0n) is 18.1. The lowest BCUT2D eigenvalue weighted by Crippen LogP contribution is -2.44. The number of carbonyl (C=O) groups excluding carboxylic acids is 1. The number of nitrogens with zero attached hydrogens (tertiary/aromatic N) is 1. The molecule has 0 radical (unpaired) electrons. The summed E-state index contributed by atoms with van der Waals surface area (Å²) in [5.74, 6) is -0.107. The molecule has 2 aromatic carbocycles. The first kappa shape index (κ1) is 22.5. The number of piperidine rings is 1. The maximum Gasteiger partial charge on any atom is 0.223 e. The predicted octanol–water partition coefficient (Wildman–Crippen LogP) is 4.11. The van der Waals surface area contributed by atoms with Crippen LogP contribution in [-0.4, -0.2) is 31.7 Å². The quantitative estimate of drug-likeness (QED) is 0.722. The van der Waals surface area contributed by atoms with Gasteiger partial charge >= 0.3 is 0 Å². The minimum absolute atomic E-state index is 0.0108. The van der Waals surface area contributed by atoms with Crippen LogP contribution < -0.4 is 5.32 Å². The molecule has 6 heteroatoms. The first-order valence-corrected chi connectivity index (χ1v) is 12.3. The van der Waals surface area contributed by atoms with Crippen molar-refractivity contribution in [3.8, 4) is 0 Å². The van der Waals surface area contributed by atoms with E-state index >= 15 is 0 Å². The summed E-state index contributed by atoms with van der Waals surface area (Å²) < 4.78 is 27.1. The molecule has 0 bridgehead atoms. The number of carbonyl (C=O) groups is 1. The van der Waals surface area contributed by atoms with Gasteiger partial charge in [0.15, 0.2) is 0 Å². The molecule has 2 aromatic rings. The molecule has 1 fully saturated rings. The lowest BCUT2D eigenvalue weighted by Gasteiger charge is -2.31. The van der Waals surface area contributed by atoms with Gasteiger partial charge in [-0.15, -0.1) is 0 Å². The third-order valence-electron chi connectivity index (χ3n) is 5.85. The maximum atomic E-state index is 12.8. The molecule has 0 aliphatic carbocycles. The van der Waals surface area contributed by atoms with E-state index in [2.05, 4.69) is 36.5 Å². The van der Waals surface area contributed by atoms with Crippen molar-refractivity contribution in [1.29, 1.82) is 0 Å². The lowest BCUT2D eigenvalue weighted by molar-refractivity contribution is -0.126. The van der Waals surface area contributed by atoms with Crippen LogP contribution in [0.5, 0.6) is 0 Å². The molecule has 1 atom stereocenters. The molecule has 0 spiro atoms. The van der Waals surface area contributed by atoms with Gasteiger partial charge in [0.05, 0.1) is 11.8 Å². The minimum Gasteiger partial charge on any atom is -0.349 e. The third kappa shape index (κ3) is 5.70. The van der Waals surface area contributed by atoms with Gasteiger partial charge in [-0.3, -0.25) is 4.79 Å². The number of nitrogens with one attached hydrogen (secondary N) is 1. The van der Waals surface area contributed by atoms with E-state index in [0.29, 0.717) is 25.9 Å². The van der Waals surface area contributed by atoms with Crippen LogP contribution in [-0.2, 0) is 20.6 Å². The van der Waals surface area contributed by atoms with Crippen LogP contribution in [0.25, 0.3) is 0 Å². The molecular weight excluding hydrogens is 396 g/mol. The van der Waals surface area contributed by atoms with Crippen molar-refractivity contribution in [2.24, 2.45) is 5.92 Å². The summed E-state index contributed by atoms with van der Waals surface area (Å²) in [6.45, 7) is 6.86. The number of hydrogen-bond donors (Lipinski definition) is 1. The van der Waals surface area contributed by atoms with Crippen LogP contribution in [0, 0.1) is 19.8 Å². The Hall–Kier alpha value is -2.18. The summed E-state index contributed by atoms with van der Waals surface area (Å²) >= 11 is 0. The molecule has 30 heavy (non-hydrogen) atoms. The molecule has 0 saturated carbocycles. The molecule has 162 valence electrons. The highest BCUT2D eigenvalue weighted by Gasteiger charge is 2.31. The van der Waals surface area contributed by atoms with Crippen LogP contribution in [0.3, 0.4) is 0 Å². The van der Waals surface area contributed by atoms with Crippen LogP contribution in [0.4, 0.5) is 0 Å². The van der Waals surface area contributed by atoms with Crippen molar-refractivity contribution in [3.63, 3.8) is 0 Å². The summed E-state index contributed by atoms with van der Waals surface area (Å²) in [4.78, 5) is 12.8. The van der Waals surface area contributed by atoms with Gasteiger partial charge in [0, 0.05) is 19.0 Å². The first-order valence-electron chi connectivity index (χ1n) is 10.7. The molecule has 1 N–H and O–H groups in total. The SMILES string of the molecule is CCC(NC(=O)C1CCN(S(=O)(=O)Cc2cccc(C)c2)CC1)c1ccc(C)cc1. The Morgan fingerprint density at radius 2 is 1.73 bits per heavy atom. The van der Waals surface area contributed by atoms with E-state index in [1.807, 2.05) is 38.1 Å². The van der Waals surface area contributed by atoms with Gasteiger partial charge in [0.25, 0.3) is 0 Å². The molecule has 5 nitrogen and oxygen atoms in total. The summed E-state index contributed by atoms with van der Waals surface area (Å²) in [5.41, 5.74) is 4.16. The Labute approximate surface area is 180 Å². The van der Waals surface area contributed by atoms with Gasteiger partial charge in [0.2, 0.25) is 15.9 Å².